The van der Waals surface area contributed by atoms with Gasteiger partial charge in [0.2, 0.25) is 0 Å². The fourth-order valence-electron chi connectivity index (χ4n) is 0.549. The molecule has 0 aromatic rings. The first-order valence-corrected chi connectivity index (χ1v) is 3.28. The van der Waals surface area contributed by atoms with Crippen LogP contribution in [0.25, 0.3) is 0 Å². The Labute approximate surface area is 60.3 Å². The summed E-state index contributed by atoms with van der Waals surface area (Å²) >= 11 is 0. The topological polar surface area (TPSA) is 46.5 Å². The third-order valence-electron chi connectivity index (χ3n) is 0.900. The molecule has 0 rings (SSSR count). The molecule has 0 unspecified atom stereocenters. The minimum Gasteiger partial charge on any atom is -0.487 e. The Hall–Kier alpha value is -0.990. The Kier molecular flexibility index (Phi) is 4.37. The number of carboxylic acids is 1. The molecule has 3 heteroatoms. The van der Waals surface area contributed by atoms with E-state index in [1.165, 1.54) is 0 Å². The molecular formula is C7H12O3. The van der Waals surface area contributed by atoms with E-state index in [-0.39, 0.29) is 5.76 Å². The van der Waals surface area contributed by atoms with Gasteiger partial charge in [0.15, 0.2) is 5.76 Å². The summed E-state index contributed by atoms with van der Waals surface area (Å²) in [6, 6.07) is 0. The zero-order valence-corrected chi connectivity index (χ0v) is 6.26. The summed E-state index contributed by atoms with van der Waals surface area (Å²) in [7, 11) is 0. The maximum atomic E-state index is 10.3. The van der Waals surface area contributed by atoms with Crippen molar-refractivity contribution in [3.8, 4) is 0 Å². The lowest BCUT2D eigenvalue weighted by molar-refractivity contribution is -0.136. The van der Waals surface area contributed by atoms with Crippen molar-refractivity contribution in [3.05, 3.63) is 11.8 Å². The molecule has 0 radical (unpaired) electrons. The van der Waals surface area contributed by atoms with Crippen LogP contribution >= 0.6 is 0 Å². The molecule has 0 aliphatic rings. The standard InChI is InChI=1S/C7H12O3/c1-3-5-6(7(8)9)10-4-2/h5H,3-4H2,1-2H3,(H,8,9). The highest BCUT2D eigenvalue weighted by molar-refractivity contribution is 5.84. The molecule has 0 aromatic heterocycles. The van der Waals surface area contributed by atoms with Gasteiger partial charge in [0.1, 0.15) is 0 Å². The molecule has 10 heavy (non-hydrogen) atoms. The average Bonchev–Trinajstić information content (AvgIpc) is 1.87. The van der Waals surface area contributed by atoms with Crippen molar-refractivity contribution >= 4 is 5.97 Å². The quantitative estimate of drug-likeness (QED) is 0.479. The van der Waals surface area contributed by atoms with E-state index in [1.54, 1.807) is 13.0 Å². The number of ether oxygens (including phenoxy) is 1. The Morgan fingerprint density at radius 3 is 2.50 bits per heavy atom. The molecule has 0 atom stereocenters. The lowest BCUT2D eigenvalue weighted by Crippen LogP contribution is -2.04. The van der Waals surface area contributed by atoms with Crippen molar-refractivity contribution in [2.24, 2.45) is 0 Å². The van der Waals surface area contributed by atoms with E-state index in [1.807, 2.05) is 6.92 Å². The molecule has 0 saturated carbocycles. The summed E-state index contributed by atoms with van der Waals surface area (Å²) in [5, 5.41) is 8.44. The number of hydrogen-bond donors (Lipinski definition) is 1. The van der Waals surface area contributed by atoms with E-state index in [0.29, 0.717) is 13.0 Å². The lowest BCUT2D eigenvalue weighted by atomic mass is 10.4. The van der Waals surface area contributed by atoms with Gasteiger partial charge < -0.3 is 9.84 Å². The Balaban J connectivity index is 3.98. The smallest absolute Gasteiger partial charge is 0.370 e. The monoisotopic (exact) mass is 144 g/mol. The maximum absolute atomic E-state index is 10.3. The highest BCUT2D eigenvalue weighted by atomic mass is 16.5. The van der Waals surface area contributed by atoms with E-state index in [9.17, 15) is 4.79 Å². The van der Waals surface area contributed by atoms with Gasteiger partial charge in [0.25, 0.3) is 0 Å². The molecule has 0 amide bonds. The van der Waals surface area contributed by atoms with Crippen LogP contribution in [0.3, 0.4) is 0 Å². The highest BCUT2D eigenvalue weighted by Crippen LogP contribution is 1.98. The average molecular weight is 144 g/mol. The van der Waals surface area contributed by atoms with E-state index in [0.717, 1.165) is 0 Å². The van der Waals surface area contributed by atoms with Gasteiger partial charge in [-0.1, -0.05) is 6.92 Å². The second kappa shape index (κ2) is 4.85. The van der Waals surface area contributed by atoms with Crippen LogP contribution in [0.2, 0.25) is 0 Å². The minimum absolute atomic E-state index is 0.0463. The number of rotatable bonds is 4. The molecule has 0 aromatic carbocycles. The van der Waals surface area contributed by atoms with E-state index in [2.05, 4.69) is 0 Å². The Morgan fingerprint density at radius 2 is 2.20 bits per heavy atom. The van der Waals surface area contributed by atoms with Crippen LogP contribution in [0.15, 0.2) is 11.8 Å². The van der Waals surface area contributed by atoms with E-state index in [4.69, 9.17) is 9.84 Å². The number of carboxylic acid groups (broad SMARTS) is 1. The summed E-state index contributed by atoms with van der Waals surface area (Å²) in [6.07, 6.45) is 2.23. The van der Waals surface area contributed by atoms with Crippen molar-refractivity contribution in [1.82, 2.24) is 0 Å². The van der Waals surface area contributed by atoms with Gasteiger partial charge >= 0.3 is 5.97 Å². The number of hydrogen-bond acceptors (Lipinski definition) is 2. The first kappa shape index (κ1) is 9.01. The van der Waals surface area contributed by atoms with E-state index < -0.39 is 5.97 Å². The minimum atomic E-state index is -0.997. The first-order valence-electron chi connectivity index (χ1n) is 3.28. The van der Waals surface area contributed by atoms with Crippen LogP contribution in [0, 0.1) is 0 Å². The summed E-state index contributed by atoms with van der Waals surface area (Å²) < 4.78 is 4.81. The van der Waals surface area contributed by atoms with Crippen molar-refractivity contribution in [3.63, 3.8) is 0 Å². The number of allylic oxidation sites excluding steroid dienone is 1. The Bertz CT molecular complexity index is 138. The summed E-state index contributed by atoms with van der Waals surface area (Å²) in [4.78, 5) is 10.3. The van der Waals surface area contributed by atoms with Crippen LogP contribution in [-0.4, -0.2) is 17.7 Å². The SMILES string of the molecule is CCC=C(OCC)C(=O)O. The van der Waals surface area contributed by atoms with Crippen LogP contribution < -0.4 is 0 Å². The molecule has 1 N–H and O–H groups in total. The van der Waals surface area contributed by atoms with Crippen molar-refractivity contribution < 1.29 is 14.6 Å². The summed E-state index contributed by atoms with van der Waals surface area (Å²) in [5.74, 6) is -0.950. The van der Waals surface area contributed by atoms with Crippen molar-refractivity contribution in [2.45, 2.75) is 20.3 Å². The third kappa shape index (κ3) is 3.12. The van der Waals surface area contributed by atoms with E-state index >= 15 is 0 Å². The normalized spacial score (nSPS) is 11.2. The fourth-order valence-corrected chi connectivity index (χ4v) is 0.549. The zero-order valence-electron chi connectivity index (χ0n) is 6.26. The van der Waals surface area contributed by atoms with Gasteiger partial charge in [-0.25, -0.2) is 4.79 Å². The molecule has 0 saturated heterocycles. The highest BCUT2D eigenvalue weighted by Gasteiger charge is 2.04. The molecule has 3 nitrogen and oxygen atoms in total. The molecule has 0 heterocycles. The summed E-state index contributed by atoms with van der Waals surface area (Å²) in [6.45, 7) is 4.02. The Morgan fingerprint density at radius 1 is 1.60 bits per heavy atom. The van der Waals surface area contributed by atoms with Crippen molar-refractivity contribution in [1.29, 1.82) is 0 Å². The number of carbonyl (C=O) groups is 1. The first-order chi connectivity index (χ1) is 4.72. The second-order valence-corrected chi connectivity index (χ2v) is 1.71. The largest absolute Gasteiger partial charge is 0.487 e. The molecule has 0 aliphatic heterocycles. The maximum Gasteiger partial charge on any atom is 0.370 e. The molecule has 0 spiro atoms. The predicted octanol–water partition coefficient (Wildman–Crippen LogP) is 1.40. The molecule has 0 fully saturated rings. The van der Waals surface area contributed by atoms with Gasteiger partial charge in [-0.3, -0.25) is 0 Å². The van der Waals surface area contributed by atoms with Gasteiger partial charge in [-0.15, -0.1) is 0 Å². The van der Waals surface area contributed by atoms with Gasteiger partial charge in [-0.2, -0.15) is 0 Å². The molecule has 58 valence electrons. The van der Waals surface area contributed by atoms with Crippen LogP contribution in [0.5, 0.6) is 0 Å². The fraction of sp³-hybridized carbons (Fsp3) is 0.571. The van der Waals surface area contributed by atoms with Crippen LogP contribution in [-0.2, 0) is 9.53 Å². The molecule has 0 aliphatic carbocycles. The van der Waals surface area contributed by atoms with Gasteiger partial charge in [-0.05, 0) is 19.4 Å². The predicted molar refractivity (Wildman–Crippen MR) is 37.6 cm³/mol. The molecular weight excluding hydrogens is 132 g/mol. The lowest BCUT2D eigenvalue weighted by Gasteiger charge is -2.01. The number of aliphatic carboxylic acids is 1. The van der Waals surface area contributed by atoms with Gasteiger partial charge in [0.05, 0.1) is 6.61 Å². The zero-order chi connectivity index (χ0) is 7.98. The third-order valence-corrected chi connectivity index (χ3v) is 0.900. The van der Waals surface area contributed by atoms with Gasteiger partial charge in [0, 0.05) is 0 Å². The molecule has 0 bridgehead atoms. The second-order valence-electron chi connectivity index (χ2n) is 1.71. The van der Waals surface area contributed by atoms with Crippen LogP contribution in [0.4, 0.5) is 0 Å². The van der Waals surface area contributed by atoms with Crippen molar-refractivity contribution in [2.75, 3.05) is 6.61 Å². The van der Waals surface area contributed by atoms with Crippen LogP contribution in [0.1, 0.15) is 20.3 Å². The summed E-state index contributed by atoms with van der Waals surface area (Å²) in [5.41, 5.74) is 0.